The van der Waals surface area contributed by atoms with E-state index in [1.54, 1.807) is 0 Å². The predicted octanol–water partition coefficient (Wildman–Crippen LogP) is 0.715. The third kappa shape index (κ3) is 3.09. The van der Waals surface area contributed by atoms with Crippen molar-refractivity contribution in [2.24, 2.45) is 5.84 Å². The highest BCUT2D eigenvalue weighted by Crippen LogP contribution is 2.25. The lowest BCUT2D eigenvalue weighted by Crippen LogP contribution is -2.56. The Hall–Kier alpha value is -1.08. The van der Waals surface area contributed by atoms with E-state index in [1.807, 2.05) is 14.1 Å². The number of hydrogen-bond acceptors (Lipinski definition) is 4. The molecule has 106 valence electrons. The van der Waals surface area contributed by atoms with Crippen LogP contribution in [0.25, 0.3) is 0 Å². The number of nitrogens with two attached hydrogens (primary N) is 1. The summed E-state index contributed by atoms with van der Waals surface area (Å²) in [6.45, 7) is 2.64. The van der Waals surface area contributed by atoms with Gasteiger partial charge in [-0.3, -0.25) is 16.2 Å². The minimum Gasteiger partial charge on any atom is -0.303 e. The molecule has 1 saturated heterocycles. The lowest BCUT2D eigenvalue weighted by atomic mass is 9.96. The van der Waals surface area contributed by atoms with Crippen molar-refractivity contribution in [2.45, 2.75) is 12.1 Å². The maximum atomic E-state index is 13.9. The van der Waals surface area contributed by atoms with Gasteiger partial charge in [0.05, 0.1) is 6.04 Å². The second-order valence-electron chi connectivity index (χ2n) is 5.12. The first-order valence-electron chi connectivity index (χ1n) is 6.32. The summed E-state index contributed by atoms with van der Waals surface area (Å²) in [6, 6.07) is 3.29. The van der Waals surface area contributed by atoms with Gasteiger partial charge in [-0.25, -0.2) is 8.78 Å². The van der Waals surface area contributed by atoms with Gasteiger partial charge in [0.15, 0.2) is 0 Å². The third-order valence-corrected chi connectivity index (χ3v) is 3.76. The van der Waals surface area contributed by atoms with Crippen LogP contribution in [0.15, 0.2) is 18.2 Å². The van der Waals surface area contributed by atoms with E-state index in [1.165, 1.54) is 12.1 Å². The summed E-state index contributed by atoms with van der Waals surface area (Å²) in [7, 11) is 4.01. The first kappa shape index (κ1) is 14.3. The predicted molar refractivity (Wildman–Crippen MR) is 70.3 cm³/mol. The number of benzene rings is 1. The second kappa shape index (κ2) is 5.92. The number of piperazine rings is 1. The molecule has 2 rings (SSSR count). The van der Waals surface area contributed by atoms with Crippen molar-refractivity contribution >= 4 is 0 Å². The minimum absolute atomic E-state index is 0.0451. The van der Waals surface area contributed by atoms with Crippen LogP contribution in [0.1, 0.15) is 11.6 Å². The molecule has 0 spiro atoms. The van der Waals surface area contributed by atoms with Gasteiger partial charge in [0, 0.05) is 37.3 Å². The van der Waals surface area contributed by atoms with Gasteiger partial charge in [-0.2, -0.15) is 0 Å². The Bertz CT molecular complexity index is 441. The number of hydrazine groups is 1. The Morgan fingerprint density at radius 1 is 1.32 bits per heavy atom. The van der Waals surface area contributed by atoms with Crippen molar-refractivity contribution in [3.05, 3.63) is 35.4 Å². The molecule has 0 aliphatic carbocycles. The monoisotopic (exact) mass is 270 g/mol. The molecule has 2 unspecified atom stereocenters. The summed E-state index contributed by atoms with van der Waals surface area (Å²) in [5, 5.41) is 0. The van der Waals surface area contributed by atoms with Crippen LogP contribution in [0.3, 0.4) is 0 Å². The van der Waals surface area contributed by atoms with E-state index in [0.717, 1.165) is 25.7 Å². The molecule has 2 atom stereocenters. The molecule has 1 heterocycles. The van der Waals surface area contributed by atoms with E-state index in [0.29, 0.717) is 5.56 Å². The standard InChI is InChI=1S/C13H20F2N4/c1-18-5-6-19(2)12(8-18)13(17-16)10-4-3-9(14)7-11(10)15/h3-4,7,12-13,17H,5-6,8,16H2,1-2H3. The van der Waals surface area contributed by atoms with Gasteiger partial charge < -0.3 is 4.90 Å². The molecule has 0 bridgehead atoms. The fourth-order valence-electron chi connectivity index (χ4n) is 2.57. The van der Waals surface area contributed by atoms with Crippen LogP contribution in [0.5, 0.6) is 0 Å². The molecule has 19 heavy (non-hydrogen) atoms. The van der Waals surface area contributed by atoms with Gasteiger partial charge in [0.25, 0.3) is 0 Å². The number of halogens is 2. The normalized spacial score (nSPS) is 23.5. The molecule has 1 aliphatic rings. The Kier molecular flexibility index (Phi) is 4.46. The zero-order valence-electron chi connectivity index (χ0n) is 11.2. The minimum atomic E-state index is -0.578. The number of hydrogen-bond donors (Lipinski definition) is 2. The largest absolute Gasteiger partial charge is 0.303 e. The van der Waals surface area contributed by atoms with Crippen molar-refractivity contribution in [1.29, 1.82) is 0 Å². The van der Waals surface area contributed by atoms with Gasteiger partial charge in [0.1, 0.15) is 11.6 Å². The smallest absolute Gasteiger partial charge is 0.131 e. The molecular weight excluding hydrogens is 250 g/mol. The van der Waals surface area contributed by atoms with Crippen LogP contribution in [0, 0.1) is 11.6 Å². The summed E-state index contributed by atoms with van der Waals surface area (Å²) in [4.78, 5) is 4.32. The first-order valence-corrected chi connectivity index (χ1v) is 6.32. The van der Waals surface area contributed by atoms with E-state index in [4.69, 9.17) is 5.84 Å². The van der Waals surface area contributed by atoms with Crippen LogP contribution in [0.2, 0.25) is 0 Å². The van der Waals surface area contributed by atoms with Crippen LogP contribution in [-0.4, -0.2) is 49.6 Å². The molecule has 0 saturated carbocycles. The quantitative estimate of drug-likeness (QED) is 0.627. The van der Waals surface area contributed by atoms with Crippen LogP contribution >= 0.6 is 0 Å². The van der Waals surface area contributed by atoms with Gasteiger partial charge in [-0.05, 0) is 20.2 Å². The SMILES string of the molecule is CN1CCN(C)C(C(NN)c2ccc(F)cc2F)C1. The Morgan fingerprint density at radius 2 is 2.05 bits per heavy atom. The van der Waals surface area contributed by atoms with Gasteiger partial charge in [-0.1, -0.05) is 6.07 Å². The summed E-state index contributed by atoms with van der Waals surface area (Å²) in [5.74, 6) is 4.45. The zero-order chi connectivity index (χ0) is 14.0. The average molecular weight is 270 g/mol. The Labute approximate surface area is 112 Å². The molecule has 0 amide bonds. The summed E-state index contributed by atoms with van der Waals surface area (Å²) < 4.78 is 26.9. The lowest BCUT2D eigenvalue weighted by Gasteiger charge is -2.41. The number of likely N-dealkylation sites (N-methyl/N-ethyl adjacent to an activating group) is 2. The van der Waals surface area contributed by atoms with E-state index in [2.05, 4.69) is 15.2 Å². The van der Waals surface area contributed by atoms with Crippen molar-refractivity contribution < 1.29 is 8.78 Å². The topological polar surface area (TPSA) is 44.5 Å². The van der Waals surface area contributed by atoms with Crippen LogP contribution in [0.4, 0.5) is 8.78 Å². The zero-order valence-corrected chi connectivity index (χ0v) is 11.2. The Morgan fingerprint density at radius 3 is 2.68 bits per heavy atom. The van der Waals surface area contributed by atoms with Crippen molar-refractivity contribution in [1.82, 2.24) is 15.2 Å². The summed E-state index contributed by atoms with van der Waals surface area (Å²) >= 11 is 0. The molecule has 1 aromatic rings. The summed E-state index contributed by atoms with van der Waals surface area (Å²) in [6.07, 6.45) is 0. The van der Waals surface area contributed by atoms with Gasteiger partial charge in [-0.15, -0.1) is 0 Å². The van der Waals surface area contributed by atoms with Crippen LogP contribution in [-0.2, 0) is 0 Å². The van der Waals surface area contributed by atoms with E-state index < -0.39 is 11.6 Å². The number of nitrogens with zero attached hydrogens (tertiary/aromatic N) is 2. The molecule has 3 N–H and O–H groups in total. The highest BCUT2D eigenvalue weighted by atomic mass is 19.1. The highest BCUT2D eigenvalue weighted by Gasteiger charge is 2.31. The van der Waals surface area contributed by atoms with Crippen molar-refractivity contribution in [3.63, 3.8) is 0 Å². The molecule has 1 aromatic carbocycles. The number of nitrogens with one attached hydrogen (secondary N) is 1. The molecule has 1 aliphatic heterocycles. The van der Waals surface area contributed by atoms with E-state index in [-0.39, 0.29) is 12.1 Å². The first-order chi connectivity index (χ1) is 9.02. The highest BCUT2D eigenvalue weighted by molar-refractivity contribution is 5.24. The maximum Gasteiger partial charge on any atom is 0.131 e. The number of rotatable bonds is 3. The lowest BCUT2D eigenvalue weighted by molar-refractivity contribution is 0.0866. The molecule has 1 fully saturated rings. The molecule has 6 heteroatoms. The molecular formula is C13H20F2N4. The van der Waals surface area contributed by atoms with Crippen molar-refractivity contribution in [2.75, 3.05) is 33.7 Å². The molecule has 4 nitrogen and oxygen atoms in total. The van der Waals surface area contributed by atoms with Gasteiger partial charge in [0.2, 0.25) is 0 Å². The van der Waals surface area contributed by atoms with E-state index >= 15 is 0 Å². The van der Waals surface area contributed by atoms with E-state index in [9.17, 15) is 8.78 Å². The van der Waals surface area contributed by atoms with Gasteiger partial charge >= 0.3 is 0 Å². The average Bonchev–Trinajstić information content (AvgIpc) is 2.36. The fourth-order valence-corrected chi connectivity index (χ4v) is 2.57. The molecule has 0 radical (unpaired) electrons. The third-order valence-electron chi connectivity index (χ3n) is 3.76. The van der Waals surface area contributed by atoms with Crippen molar-refractivity contribution in [3.8, 4) is 0 Å². The second-order valence-corrected chi connectivity index (χ2v) is 5.12. The van der Waals surface area contributed by atoms with Crippen LogP contribution < -0.4 is 11.3 Å². The summed E-state index contributed by atoms with van der Waals surface area (Å²) in [5.41, 5.74) is 3.07. The Balaban J connectivity index is 2.27. The maximum absolute atomic E-state index is 13.9. The fraction of sp³-hybridized carbons (Fsp3) is 0.538. The molecule has 0 aromatic heterocycles.